The van der Waals surface area contributed by atoms with Gasteiger partial charge in [0, 0.05) is 0 Å². The number of methoxy groups -OCH3 is 1. The van der Waals surface area contributed by atoms with E-state index in [0.717, 1.165) is 0 Å². The summed E-state index contributed by atoms with van der Waals surface area (Å²) in [7, 11) is 1.53. The molecule has 0 saturated heterocycles. The van der Waals surface area contributed by atoms with Crippen molar-refractivity contribution in [3.8, 4) is 22.8 Å². The molecule has 0 fully saturated rings. The fourth-order valence-corrected chi connectivity index (χ4v) is 1.50. The van der Waals surface area contributed by atoms with Gasteiger partial charge in [-0.1, -0.05) is 12.1 Å². The second-order valence-corrected chi connectivity index (χ2v) is 3.36. The Balaban J connectivity index is 2.60. The SMILES string of the molecule is COc1ccc(-c2c(O)[nH]c(=O)[nH]c2=O)cc1. The quantitative estimate of drug-likeness (QED) is 0.702. The van der Waals surface area contributed by atoms with E-state index in [1.54, 1.807) is 24.3 Å². The molecule has 0 unspecified atom stereocenters. The zero-order valence-corrected chi connectivity index (χ0v) is 8.98. The second-order valence-electron chi connectivity index (χ2n) is 3.36. The summed E-state index contributed by atoms with van der Waals surface area (Å²) in [4.78, 5) is 26.6. The maximum atomic E-state index is 11.5. The predicted octanol–water partition coefficient (Wildman–Crippen LogP) is 0.444. The van der Waals surface area contributed by atoms with Crippen LogP contribution in [0, 0.1) is 0 Å². The van der Waals surface area contributed by atoms with E-state index in [4.69, 9.17) is 4.74 Å². The van der Waals surface area contributed by atoms with Crippen LogP contribution in [0.15, 0.2) is 33.9 Å². The van der Waals surface area contributed by atoms with E-state index in [1.807, 2.05) is 4.98 Å². The Morgan fingerprint density at radius 2 is 1.76 bits per heavy atom. The summed E-state index contributed by atoms with van der Waals surface area (Å²) in [5, 5.41) is 9.55. The number of ether oxygens (including phenoxy) is 1. The summed E-state index contributed by atoms with van der Waals surface area (Å²) in [6, 6.07) is 6.53. The smallest absolute Gasteiger partial charge is 0.328 e. The third-order valence-electron chi connectivity index (χ3n) is 2.30. The molecule has 0 atom stereocenters. The lowest BCUT2D eigenvalue weighted by Gasteiger charge is -2.04. The van der Waals surface area contributed by atoms with E-state index in [2.05, 4.69) is 4.98 Å². The lowest BCUT2D eigenvalue weighted by atomic mass is 10.1. The normalized spacial score (nSPS) is 10.2. The molecule has 2 rings (SSSR count). The van der Waals surface area contributed by atoms with Crippen LogP contribution in [0.2, 0.25) is 0 Å². The van der Waals surface area contributed by atoms with Gasteiger partial charge in [-0.25, -0.2) is 4.79 Å². The first-order chi connectivity index (χ1) is 8.11. The number of aromatic nitrogens is 2. The topological polar surface area (TPSA) is 95.2 Å². The van der Waals surface area contributed by atoms with Crippen LogP contribution in [0.4, 0.5) is 0 Å². The molecule has 88 valence electrons. The summed E-state index contributed by atoms with van der Waals surface area (Å²) in [5.74, 6) is 0.179. The molecule has 2 aromatic rings. The molecular formula is C11H10N2O4. The maximum absolute atomic E-state index is 11.5. The van der Waals surface area contributed by atoms with Gasteiger partial charge in [0.15, 0.2) is 0 Å². The van der Waals surface area contributed by atoms with Crippen molar-refractivity contribution >= 4 is 0 Å². The molecule has 0 saturated carbocycles. The molecule has 3 N–H and O–H groups in total. The van der Waals surface area contributed by atoms with Crippen LogP contribution in [0.3, 0.4) is 0 Å². The molecular weight excluding hydrogens is 224 g/mol. The average molecular weight is 234 g/mol. The molecule has 1 aromatic heterocycles. The highest BCUT2D eigenvalue weighted by Crippen LogP contribution is 2.23. The summed E-state index contributed by atoms with van der Waals surface area (Å²) in [6.07, 6.45) is 0. The van der Waals surface area contributed by atoms with Gasteiger partial charge < -0.3 is 9.84 Å². The van der Waals surface area contributed by atoms with Crippen molar-refractivity contribution in [2.75, 3.05) is 7.11 Å². The summed E-state index contributed by atoms with van der Waals surface area (Å²) in [6.45, 7) is 0. The van der Waals surface area contributed by atoms with Crippen molar-refractivity contribution in [2.24, 2.45) is 0 Å². The van der Waals surface area contributed by atoms with Gasteiger partial charge in [-0.2, -0.15) is 0 Å². The molecule has 6 nitrogen and oxygen atoms in total. The number of nitrogens with one attached hydrogen (secondary N) is 2. The van der Waals surface area contributed by atoms with E-state index in [0.29, 0.717) is 11.3 Å². The standard InChI is InChI=1S/C11H10N2O4/c1-17-7-4-2-6(3-5-7)8-9(14)12-11(16)13-10(8)15/h2-5H,1H3,(H3,12,13,14,15,16). The van der Waals surface area contributed by atoms with Gasteiger partial charge in [0.1, 0.15) is 11.3 Å². The largest absolute Gasteiger partial charge is 0.497 e. The van der Waals surface area contributed by atoms with Gasteiger partial charge in [0.25, 0.3) is 5.56 Å². The fraction of sp³-hybridized carbons (Fsp3) is 0.0909. The number of benzene rings is 1. The second kappa shape index (κ2) is 4.17. The number of hydrogen-bond donors (Lipinski definition) is 3. The van der Waals surface area contributed by atoms with Crippen LogP contribution in [-0.2, 0) is 0 Å². The minimum atomic E-state index is -0.746. The number of H-pyrrole nitrogens is 2. The fourth-order valence-electron chi connectivity index (χ4n) is 1.50. The Labute approximate surface area is 95.5 Å². The Kier molecular flexibility index (Phi) is 2.70. The first-order valence-electron chi connectivity index (χ1n) is 4.82. The maximum Gasteiger partial charge on any atom is 0.328 e. The van der Waals surface area contributed by atoms with Crippen molar-refractivity contribution in [2.45, 2.75) is 0 Å². The monoisotopic (exact) mass is 234 g/mol. The van der Waals surface area contributed by atoms with Crippen LogP contribution in [-0.4, -0.2) is 22.2 Å². The van der Waals surface area contributed by atoms with E-state index in [-0.39, 0.29) is 5.56 Å². The van der Waals surface area contributed by atoms with Crippen molar-refractivity contribution in [3.63, 3.8) is 0 Å². The third-order valence-corrected chi connectivity index (χ3v) is 2.30. The highest BCUT2D eigenvalue weighted by atomic mass is 16.5. The van der Waals surface area contributed by atoms with Crippen LogP contribution < -0.4 is 16.0 Å². The Bertz CT molecular complexity index is 640. The molecule has 6 heteroatoms. The van der Waals surface area contributed by atoms with Crippen LogP contribution in [0.5, 0.6) is 11.6 Å². The molecule has 1 heterocycles. The van der Waals surface area contributed by atoms with E-state index >= 15 is 0 Å². The van der Waals surface area contributed by atoms with Gasteiger partial charge in [0.05, 0.1) is 7.11 Å². The van der Waals surface area contributed by atoms with Gasteiger partial charge in [0.2, 0.25) is 5.88 Å². The minimum absolute atomic E-state index is 0.0206. The summed E-state index contributed by atoms with van der Waals surface area (Å²) >= 11 is 0. The van der Waals surface area contributed by atoms with Crippen LogP contribution in [0.25, 0.3) is 11.1 Å². The van der Waals surface area contributed by atoms with Crippen molar-refractivity contribution < 1.29 is 9.84 Å². The minimum Gasteiger partial charge on any atom is -0.497 e. The summed E-state index contributed by atoms with van der Waals surface area (Å²) in [5.41, 5.74) is -0.880. The molecule has 0 spiro atoms. The number of aromatic amines is 2. The van der Waals surface area contributed by atoms with Gasteiger partial charge in [-0.3, -0.25) is 14.8 Å². The molecule has 0 radical (unpaired) electrons. The lowest BCUT2D eigenvalue weighted by Crippen LogP contribution is -2.23. The first-order valence-corrected chi connectivity index (χ1v) is 4.82. The van der Waals surface area contributed by atoms with E-state index in [9.17, 15) is 14.7 Å². The van der Waals surface area contributed by atoms with Crippen molar-refractivity contribution in [1.82, 2.24) is 9.97 Å². The number of hydrogen-bond acceptors (Lipinski definition) is 4. The van der Waals surface area contributed by atoms with Crippen LogP contribution >= 0.6 is 0 Å². The molecule has 1 aromatic carbocycles. The lowest BCUT2D eigenvalue weighted by molar-refractivity contribution is 0.415. The molecule has 0 bridgehead atoms. The Hall–Kier alpha value is -2.50. The zero-order chi connectivity index (χ0) is 12.4. The summed E-state index contributed by atoms with van der Waals surface area (Å²) < 4.78 is 4.98. The molecule has 0 aliphatic carbocycles. The molecule has 17 heavy (non-hydrogen) atoms. The number of rotatable bonds is 2. The predicted molar refractivity (Wildman–Crippen MR) is 61.3 cm³/mol. The zero-order valence-electron chi connectivity index (χ0n) is 8.98. The first kappa shape index (κ1) is 11.0. The van der Waals surface area contributed by atoms with Gasteiger partial charge >= 0.3 is 5.69 Å². The van der Waals surface area contributed by atoms with E-state index < -0.39 is 17.1 Å². The molecule has 0 aliphatic rings. The van der Waals surface area contributed by atoms with Gasteiger partial charge in [-0.15, -0.1) is 0 Å². The average Bonchev–Trinajstić information content (AvgIpc) is 2.28. The third kappa shape index (κ3) is 2.05. The highest BCUT2D eigenvalue weighted by Gasteiger charge is 2.10. The molecule has 0 aliphatic heterocycles. The molecule has 0 amide bonds. The van der Waals surface area contributed by atoms with E-state index in [1.165, 1.54) is 7.11 Å². The van der Waals surface area contributed by atoms with Crippen molar-refractivity contribution in [3.05, 3.63) is 45.1 Å². The van der Waals surface area contributed by atoms with Gasteiger partial charge in [-0.05, 0) is 17.7 Å². The van der Waals surface area contributed by atoms with Crippen LogP contribution in [0.1, 0.15) is 0 Å². The van der Waals surface area contributed by atoms with Crippen molar-refractivity contribution in [1.29, 1.82) is 0 Å². The Morgan fingerprint density at radius 3 is 2.29 bits per heavy atom. The highest BCUT2D eigenvalue weighted by molar-refractivity contribution is 5.67. The number of aromatic hydroxyl groups is 1. The Morgan fingerprint density at radius 1 is 1.12 bits per heavy atom.